The fraction of sp³-hybridized carbons (Fsp3) is 0.382. The van der Waals surface area contributed by atoms with Gasteiger partial charge in [-0.05, 0) is 67.6 Å². The predicted molar refractivity (Wildman–Crippen MR) is 171 cm³/mol. The molecule has 2 fully saturated rings. The van der Waals surface area contributed by atoms with Crippen LogP contribution in [0.2, 0.25) is 0 Å². The van der Waals surface area contributed by atoms with E-state index in [-0.39, 0.29) is 29.7 Å². The zero-order valence-electron chi connectivity index (χ0n) is 26.0. The Morgan fingerprint density at radius 2 is 1.60 bits per heavy atom. The van der Waals surface area contributed by atoms with Gasteiger partial charge in [0.1, 0.15) is 24.2 Å². The van der Waals surface area contributed by atoms with Crippen LogP contribution in [0.5, 0.6) is 17.4 Å². The predicted octanol–water partition coefficient (Wildman–Crippen LogP) is 5.52. The first-order chi connectivity index (χ1) is 21.7. The zero-order chi connectivity index (χ0) is 31.6. The summed E-state index contributed by atoms with van der Waals surface area (Å²) in [7, 11) is -0.727. The molecule has 0 radical (unpaired) electrons. The van der Waals surface area contributed by atoms with Crippen LogP contribution in [0.15, 0.2) is 84.1 Å². The third-order valence-electron chi connectivity index (χ3n) is 8.81. The van der Waals surface area contributed by atoms with Crippen LogP contribution in [-0.2, 0) is 10.0 Å². The van der Waals surface area contributed by atoms with E-state index in [4.69, 9.17) is 19.2 Å². The van der Waals surface area contributed by atoms with Crippen LogP contribution in [0.1, 0.15) is 48.4 Å². The van der Waals surface area contributed by atoms with Gasteiger partial charge in [-0.2, -0.15) is 9.29 Å². The average Bonchev–Trinajstić information content (AvgIpc) is 3.31. The number of hydrogen-bond donors (Lipinski definition) is 0. The molecular weight excluding hydrogens is 590 g/mol. The fourth-order valence-corrected chi connectivity index (χ4v) is 8.43. The van der Waals surface area contributed by atoms with E-state index in [1.165, 1.54) is 4.31 Å². The molecule has 2 aromatic heterocycles. The van der Waals surface area contributed by atoms with Gasteiger partial charge in [-0.15, -0.1) is 0 Å². The Bertz CT molecular complexity index is 1690. The van der Waals surface area contributed by atoms with Gasteiger partial charge in [-0.1, -0.05) is 30.3 Å². The maximum atomic E-state index is 14.1. The van der Waals surface area contributed by atoms with Crippen molar-refractivity contribution >= 4 is 16.0 Å². The quantitative estimate of drug-likeness (QED) is 0.212. The second kappa shape index (κ2) is 13.0. The molecule has 236 valence electrons. The first-order valence-electron chi connectivity index (χ1n) is 15.2. The summed E-state index contributed by atoms with van der Waals surface area (Å²) in [6.45, 7) is 3.64. The summed E-state index contributed by atoms with van der Waals surface area (Å²) in [5.41, 5.74) is 2.06. The topological polar surface area (TPSA) is 107 Å². The number of anilines is 1. The van der Waals surface area contributed by atoms with Crippen LogP contribution >= 0.6 is 0 Å². The number of rotatable bonds is 11. The lowest BCUT2D eigenvalue weighted by Gasteiger charge is -2.38. The van der Waals surface area contributed by atoms with Crippen molar-refractivity contribution in [2.45, 2.75) is 68.7 Å². The lowest BCUT2D eigenvalue weighted by atomic mass is 10.00. The standard InChI is InChI=1S/C34H39N5O5S/c1-23-18-29(42-4)19-24(2)33(23)45(40,41)38(3)31(25-8-6-5-7-9-25)22-43-32-14-17-36-34(37-32)39-26-10-11-27(39)21-30(20-26)44-28-12-15-35-16-13-28/h5-9,12-19,26-27,30-31H,10-11,20-22H2,1-4H3/t26-,27+,30?,31?. The van der Waals surface area contributed by atoms with Gasteiger partial charge >= 0.3 is 0 Å². The molecule has 4 aromatic rings. The fourth-order valence-electron chi connectivity index (χ4n) is 6.69. The minimum Gasteiger partial charge on any atom is -0.497 e. The number of methoxy groups -OCH3 is 1. The molecule has 0 saturated carbocycles. The second-order valence-corrected chi connectivity index (χ2v) is 13.7. The van der Waals surface area contributed by atoms with Gasteiger partial charge in [0.15, 0.2) is 0 Å². The van der Waals surface area contributed by atoms with Gasteiger partial charge in [0.05, 0.1) is 18.0 Å². The van der Waals surface area contributed by atoms with E-state index in [9.17, 15) is 8.42 Å². The number of aromatic nitrogens is 3. The van der Waals surface area contributed by atoms with Crippen molar-refractivity contribution in [3.05, 3.63) is 95.9 Å². The Morgan fingerprint density at radius 3 is 2.24 bits per heavy atom. The average molecular weight is 630 g/mol. The number of aryl methyl sites for hydroxylation is 2. The van der Waals surface area contributed by atoms with E-state index in [0.717, 1.165) is 37.0 Å². The van der Waals surface area contributed by atoms with Gasteiger partial charge in [0.2, 0.25) is 21.9 Å². The van der Waals surface area contributed by atoms with Crippen molar-refractivity contribution < 1.29 is 22.6 Å². The summed E-state index contributed by atoms with van der Waals surface area (Å²) in [6, 6.07) is 18.5. The Kier molecular flexibility index (Phi) is 8.91. The first kappa shape index (κ1) is 30.8. The monoisotopic (exact) mass is 629 g/mol. The minimum atomic E-state index is -3.90. The molecule has 10 nitrogen and oxygen atoms in total. The van der Waals surface area contributed by atoms with Gasteiger partial charge in [-0.25, -0.2) is 13.4 Å². The number of fused-ring (bicyclic) bond motifs is 2. The summed E-state index contributed by atoms with van der Waals surface area (Å²) in [5, 5.41) is 0. The molecule has 0 spiro atoms. The molecule has 4 heterocycles. The molecule has 4 atom stereocenters. The molecule has 2 bridgehead atoms. The van der Waals surface area contributed by atoms with Crippen molar-refractivity contribution in [2.75, 3.05) is 25.7 Å². The van der Waals surface area contributed by atoms with E-state index in [0.29, 0.717) is 28.7 Å². The summed E-state index contributed by atoms with van der Waals surface area (Å²) in [5.74, 6) is 2.49. The number of hydrogen-bond acceptors (Lipinski definition) is 9. The van der Waals surface area contributed by atoms with Gasteiger partial charge in [0.25, 0.3) is 0 Å². The van der Waals surface area contributed by atoms with E-state index in [1.54, 1.807) is 64.8 Å². The lowest BCUT2D eigenvalue weighted by Crippen LogP contribution is -2.47. The Hall–Kier alpha value is -4.22. The number of piperidine rings is 1. The van der Waals surface area contributed by atoms with Crippen molar-refractivity contribution in [2.24, 2.45) is 0 Å². The molecule has 0 aliphatic carbocycles. The zero-order valence-corrected chi connectivity index (χ0v) is 26.9. The molecule has 2 saturated heterocycles. The van der Waals surface area contributed by atoms with Gasteiger partial charge < -0.3 is 19.1 Å². The Morgan fingerprint density at radius 1 is 0.933 bits per heavy atom. The van der Waals surface area contributed by atoms with Crippen LogP contribution in [0.3, 0.4) is 0 Å². The summed E-state index contributed by atoms with van der Waals surface area (Å²) in [4.78, 5) is 16.1. The highest BCUT2D eigenvalue weighted by atomic mass is 32.2. The largest absolute Gasteiger partial charge is 0.497 e. The molecule has 6 rings (SSSR count). The maximum absolute atomic E-state index is 14.1. The summed E-state index contributed by atoms with van der Waals surface area (Å²) < 4.78 is 47.4. The third kappa shape index (κ3) is 6.46. The molecule has 45 heavy (non-hydrogen) atoms. The summed E-state index contributed by atoms with van der Waals surface area (Å²) >= 11 is 0. The van der Waals surface area contributed by atoms with E-state index >= 15 is 0 Å². The molecule has 11 heteroatoms. The van der Waals surface area contributed by atoms with E-state index < -0.39 is 16.1 Å². The van der Waals surface area contributed by atoms with Crippen LogP contribution in [0.4, 0.5) is 5.95 Å². The molecule has 2 unspecified atom stereocenters. The maximum Gasteiger partial charge on any atom is 0.244 e. The number of nitrogens with zero attached hydrogens (tertiary/aromatic N) is 5. The molecule has 2 aliphatic rings. The number of benzene rings is 2. The van der Waals surface area contributed by atoms with E-state index in [1.807, 2.05) is 42.5 Å². The van der Waals surface area contributed by atoms with E-state index in [2.05, 4.69) is 14.9 Å². The molecule has 2 aliphatic heterocycles. The number of pyridine rings is 1. The normalized spacial score (nSPS) is 20.2. The SMILES string of the molecule is COc1cc(C)c(S(=O)(=O)N(C)C(COc2ccnc(N3[C@@H]4CC[C@H]3CC(Oc3ccncc3)C4)n2)c2ccccc2)c(C)c1. The summed E-state index contributed by atoms with van der Waals surface area (Å²) in [6.07, 6.45) is 9.20. The van der Waals surface area contributed by atoms with Crippen LogP contribution < -0.4 is 19.1 Å². The second-order valence-electron chi connectivity index (χ2n) is 11.7. The molecule has 0 amide bonds. The number of likely N-dealkylation sites (N-methyl/N-ethyl adjacent to an activating group) is 1. The number of sulfonamides is 1. The smallest absolute Gasteiger partial charge is 0.244 e. The van der Waals surface area contributed by atoms with Crippen LogP contribution in [-0.4, -0.2) is 66.6 Å². The van der Waals surface area contributed by atoms with Crippen molar-refractivity contribution in [3.8, 4) is 17.4 Å². The lowest BCUT2D eigenvalue weighted by molar-refractivity contribution is 0.149. The van der Waals surface area contributed by atoms with Crippen molar-refractivity contribution in [3.63, 3.8) is 0 Å². The van der Waals surface area contributed by atoms with Gasteiger partial charge in [0, 0.05) is 56.6 Å². The third-order valence-corrected chi connectivity index (χ3v) is 11.0. The Labute approximate surface area is 265 Å². The number of ether oxygens (including phenoxy) is 3. The minimum absolute atomic E-state index is 0.0686. The van der Waals surface area contributed by atoms with Gasteiger partial charge in [-0.3, -0.25) is 4.98 Å². The Balaban J connectivity index is 1.20. The van der Waals surface area contributed by atoms with Crippen molar-refractivity contribution in [1.29, 1.82) is 0 Å². The van der Waals surface area contributed by atoms with Crippen LogP contribution in [0.25, 0.3) is 0 Å². The molecular formula is C34H39N5O5S. The molecule has 2 aromatic carbocycles. The highest BCUT2D eigenvalue weighted by molar-refractivity contribution is 7.89. The van der Waals surface area contributed by atoms with Crippen LogP contribution in [0, 0.1) is 13.8 Å². The van der Waals surface area contributed by atoms with Crippen molar-refractivity contribution in [1.82, 2.24) is 19.3 Å². The highest BCUT2D eigenvalue weighted by Gasteiger charge is 2.43. The molecule has 0 N–H and O–H groups in total. The highest BCUT2D eigenvalue weighted by Crippen LogP contribution is 2.40. The first-order valence-corrected chi connectivity index (χ1v) is 16.7.